The molecule has 0 bridgehead atoms. The van der Waals surface area contributed by atoms with Gasteiger partial charge in [-0.2, -0.15) is 0 Å². The minimum absolute atomic E-state index is 0.103. The maximum Gasteiger partial charge on any atom is 0.123 e. The lowest BCUT2D eigenvalue weighted by Gasteiger charge is -2.50. The first-order valence-corrected chi connectivity index (χ1v) is 9.21. The molecular weight excluding hydrogens is 284 g/mol. The number of aromatic hydroxyl groups is 1. The summed E-state index contributed by atoms with van der Waals surface area (Å²) in [6.07, 6.45) is 10.7. The maximum atomic E-state index is 10.5. The third-order valence-electron chi connectivity index (χ3n) is 7.17. The van der Waals surface area contributed by atoms with Gasteiger partial charge in [-0.25, -0.2) is 0 Å². The molecule has 124 valence electrons. The molecule has 3 aliphatic rings. The summed E-state index contributed by atoms with van der Waals surface area (Å²) in [7, 11) is 0. The summed E-state index contributed by atoms with van der Waals surface area (Å²) in [5.41, 5.74) is 3.91. The number of allylic oxidation sites excluding steroid dienone is 1. The number of aliphatic hydroxyl groups excluding tert-OH is 1. The first-order chi connectivity index (χ1) is 11.0. The number of benzene rings is 1. The highest BCUT2D eigenvalue weighted by Crippen LogP contribution is 2.61. The van der Waals surface area contributed by atoms with Crippen molar-refractivity contribution in [1.29, 1.82) is 0 Å². The molecule has 0 radical (unpaired) electrons. The molecule has 23 heavy (non-hydrogen) atoms. The SMILES string of the molecule is C/C=C/c1cc2c(cc1O)CC[C@@H]1[C@@H]2CC[C@]2(C)[C@@H](O)CC[C@@H]12. The van der Waals surface area contributed by atoms with Gasteiger partial charge >= 0.3 is 0 Å². The Morgan fingerprint density at radius 2 is 2.00 bits per heavy atom. The lowest BCUT2D eigenvalue weighted by molar-refractivity contribution is -0.0226. The third-order valence-corrected chi connectivity index (χ3v) is 7.17. The van der Waals surface area contributed by atoms with Crippen molar-refractivity contribution in [2.75, 3.05) is 0 Å². The van der Waals surface area contributed by atoms with Gasteiger partial charge in [-0.1, -0.05) is 19.1 Å². The number of aliphatic hydroxyl groups is 1. The highest BCUT2D eigenvalue weighted by Gasteiger charge is 2.54. The van der Waals surface area contributed by atoms with Crippen LogP contribution in [0.4, 0.5) is 0 Å². The van der Waals surface area contributed by atoms with E-state index in [2.05, 4.69) is 13.0 Å². The number of phenols is 1. The molecule has 2 heteroatoms. The van der Waals surface area contributed by atoms with Crippen LogP contribution < -0.4 is 0 Å². The van der Waals surface area contributed by atoms with E-state index in [9.17, 15) is 10.2 Å². The van der Waals surface area contributed by atoms with Crippen molar-refractivity contribution >= 4 is 6.08 Å². The van der Waals surface area contributed by atoms with E-state index in [1.807, 2.05) is 25.1 Å². The Morgan fingerprint density at radius 1 is 1.17 bits per heavy atom. The summed E-state index contributed by atoms with van der Waals surface area (Å²) < 4.78 is 0. The molecule has 0 spiro atoms. The highest BCUT2D eigenvalue weighted by atomic mass is 16.3. The second-order valence-corrected chi connectivity index (χ2v) is 8.16. The Bertz CT molecular complexity index is 647. The standard InChI is InChI=1S/C21H28O2/c1-3-4-14-11-17-13(12-19(14)22)5-6-16-15(17)9-10-21(2)18(16)7-8-20(21)23/h3-4,11-12,15-16,18,20,22-23H,5-10H2,1-2H3/b4-3+/t15-,16+,18-,20-,21-/m0/s1. The van der Waals surface area contributed by atoms with E-state index >= 15 is 0 Å². The van der Waals surface area contributed by atoms with Crippen LogP contribution in [0, 0.1) is 17.3 Å². The van der Waals surface area contributed by atoms with E-state index in [4.69, 9.17) is 0 Å². The van der Waals surface area contributed by atoms with E-state index in [1.54, 1.807) is 0 Å². The fourth-order valence-electron chi connectivity index (χ4n) is 5.91. The highest BCUT2D eigenvalue weighted by molar-refractivity contribution is 5.60. The average Bonchev–Trinajstić information content (AvgIpc) is 2.84. The third kappa shape index (κ3) is 2.18. The lowest BCUT2D eigenvalue weighted by Crippen LogP contribution is -2.43. The largest absolute Gasteiger partial charge is 0.507 e. The summed E-state index contributed by atoms with van der Waals surface area (Å²) in [5, 5.41) is 20.7. The maximum absolute atomic E-state index is 10.5. The molecule has 0 amide bonds. The Morgan fingerprint density at radius 3 is 2.78 bits per heavy atom. The first-order valence-electron chi connectivity index (χ1n) is 9.21. The Kier molecular flexibility index (Phi) is 3.57. The summed E-state index contributed by atoms with van der Waals surface area (Å²) in [6.45, 7) is 4.32. The molecule has 2 N–H and O–H groups in total. The van der Waals surface area contributed by atoms with Gasteiger partial charge in [-0.3, -0.25) is 0 Å². The summed E-state index contributed by atoms with van der Waals surface area (Å²) in [4.78, 5) is 0. The van der Waals surface area contributed by atoms with Crippen LogP contribution in [-0.4, -0.2) is 16.3 Å². The number of aryl methyl sites for hydroxylation is 1. The zero-order valence-corrected chi connectivity index (χ0v) is 14.3. The van der Waals surface area contributed by atoms with Gasteiger partial charge in [-0.15, -0.1) is 0 Å². The predicted molar refractivity (Wildman–Crippen MR) is 93.4 cm³/mol. The smallest absolute Gasteiger partial charge is 0.123 e. The van der Waals surface area contributed by atoms with Crippen molar-refractivity contribution in [3.8, 4) is 5.75 Å². The number of rotatable bonds is 1. The Hall–Kier alpha value is -1.28. The van der Waals surface area contributed by atoms with E-state index in [0.717, 1.165) is 24.8 Å². The van der Waals surface area contributed by atoms with Crippen molar-refractivity contribution in [3.05, 3.63) is 34.9 Å². The molecule has 0 aliphatic heterocycles. The summed E-state index contributed by atoms with van der Waals surface area (Å²) in [5.74, 6) is 2.41. The Balaban J connectivity index is 1.73. The van der Waals surface area contributed by atoms with Crippen molar-refractivity contribution < 1.29 is 10.2 Å². The molecule has 0 heterocycles. The second-order valence-electron chi connectivity index (χ2n) is 8.16. The van der Waals surface area contributed by atoms with Gasteiger partial charge in [0.15, 0.2) is 0 Å². The molecule has 1 aromatic rings. The fraction of sp³-hybridized carbons (Fsp3) is 0.619. The van der Waals surface area contributed by atoms with Gasteiger partial charge in [0, 0.05) is 5.56 Å². The van der Waals surface area contributed by atoms with Crippen molar-refractivity contribution in [3.63, 3.8) is 0 Å². The van der Waals surface area contributed by atoms with E-state index in [0.29, 0.717) is 23.5 Å². The summed E-state index contributed by atoms with van der Waals surface area (Å²) in [6, 6.07) is 4.23. The van der Waals surface area contributed by atoms with Crippen LogP contribution in [0.15, 0.2) is 18.2 Å². The zero-order chi connectivity index (χ0) is 16.2. The van der Waals surface area contributed by atoms with E-state index in [1.165, 1.54) is 30.4 Å². The van der Waals surface area contributed by atoms with E-state index < -0.39 is 0 Å². The van der Waals surface area contributed by atoms with Crippen molar-refractivity contribution in [2.45, 2.75) is 64.4 Å². The van der Waals surface area contributed by atoms with Gasteiger partial charge in [-0.05, 0) is 91.9 Å². The number of fused-ring (bicyclic) bond motifs is 5. The van der Waals surface area contributed by atoms with E-state index in [-0.39, 0.29) is 11.5 Å². The van der Waals surface area contributed by atoms with Crippen LogP contribution >= 0.6 is 0 Å². The molecule has 0 aromatic heterocycles. The molecule has 5 atom stereocenters. The van der Waals surface area contributed by atoms with Gasteiger partial charge in [0.2, 0.25) is 0 Å². The van der Waals surface area contributed by atoms with Crippen LogP contribution in [-0.2, 0) is 6.42 Å². The number of hydrogen-bond acceptors (Lipinski definition) is 2. The van der Waals surface area contributed by atoms with Crippen LogP contribution in [0.25, 0.3) is 6.08 Å². The average molecular weight is 312 g/mol. The molecular formula is C21H28O2. The normalized spacial score (nSPS) is 39.1. The van der Waals surface area contributed by atoms with Gasteiger partial charge in [0.1, 0.15) is 5.75 Å². The summed E-state index contributed by atoms with van der Waals surface area (Å²) >= 11 is 0. The van der Waals surface area contributed by atoms with Crippen LogP contribution in [0.3, 0.4) is 0 Å². The molecule has 2 saturated carbocycles. The number of phenolic OH excluding ortho intramolecular Hbond substituents is 1. The van der Waals surface area contributed by atoms with Crippen LogP contribution in [0.5, 0.6) is 5.75 Å². The molecule has 0 unspecified atom stereocenters. The zero-order valence-electron chi connectivity index (χ0n) is 14.3. The Labute approximate surface area is 139 Å². The van der Waals surface area contributed by atoms with Crippen LogP contribution in [0.2, 0.25) is 0 Å². The van der Waals surface area contributed by atoms with Crippen LogP contribution in [0.1, 0.15) is 68.6 Å². The van der Waals surface area contributed by atoms with Gasteiger partial charge in [0.05, 0.1) is 6.10 Å². The molecule has 3 aliphatic carbocycles. The lowest BCUT2D eigenvalue weighted by atomic mass is 9.55. The predicted octanol–water partition coefficient (Wildman–Crippen LogP) is 4.64. The molecule has 2 nitrogen and oxygen atoms in total. The first kappa shape index (κ1) is 15.3. The molecule has 2 fully saturated rings. The fourth-order valence-corrected chi connectivity index (χ4v) is 5.91. The molecule has 4 rings (SSSR count). The number of hydrogen-bond donors (Lipinski definition) is 2. The second kappa shape index (κ2) is 5.37. The minimum Gasteiger partial charge on any atom is -0.507 e. The van der Waals surface area contributed by atoms with Gasteiger partial charge in [0.25, 0.3) is 0 Å². The van der Waals surface area contributed by atoms with Crippen molar-refractivity contribution in [2.24, 2.45) is 17.3 Å². The molecule has 0 saturated heterocycles. The molecule has 1 aromatic carbocycles. The monoisotopic (exact) mass is 312 g/mol. The van der Waals surface area contributed by atoms with Gasteiger partial charge < -0.3 is 10.2 Å². The van der Waals surface area contributed by atoms with Crippen molar-refractivity contribution in [1.82, 2.24) is 0 Å². The topological polar surface area (TPSA) is 40.5 Å². The quantitative estimate of drug-likeness (QED) is 0.793. The minimum atomic E-state index is -0.103.